The monoisotopic (exact) mass is 480 g/mol. The summed E-state index contributed by atoms with van der Waals surface area (Å²) < 4.78 is 5.94. The summed E-state index contributed by atoms with van der Waals surface area (Å²) in [5.41, 5.74) is 4.14. The van der Waals surface area contributed by atoms with Crippen molar-refractivity contribution in [2.75, 3.05) is 18.5 Å². The van der Waals surface area contributed by atoms with Gasteiger partial charge in [-0.2, -0.15) is 0 Å². The van der Waals surface area contributed by atoms with Crippen LogP contribution in [0.15, 0.2) is 36.4 Å². The Labute approximate surface area is 171 Å². The summed E-state index contributed by atoms with van der Waals surface area (Å²) in [5, 5.41) is 5.23. The average Bonchev–Trinajstić information content (AvgIpc) is 2.61. The van der Waals surface area contributed by atoms with Crippen molar-refractivity contribution in [3.8, 4) is 0 Å². The highest BCUT2D eigenvalue weighted by Crippen LogP contribution is 2.21. The minimum Gasteiger partial charge on any atom is -0.452 e. The summed E-state index contributed by atoms with van der Waals surface area (Å²) in [6.45, 7) is 5.17. The Kier molecular flexibility index (Phi) is 7.35. The molecule has 0 unspecified atom stereocenters. The van der Waals surface area contributed by atoms with Crippen LogP contribution >= 0.6 is 22.6 Å². The van der Waals surface area contributed by atoms with Crippen LogP contribution in [0.1, 0.15) is 27.0 Å². The lowest BCUT2D eigenvalue weighted by atomic mass is 10.1. The van der Waals surface area contributed by atoms with Gasteiger partial charge in [-0.05, 0) is 78.8 Å². The topological polar surface area (TPSA) is 84.5 Å². The van der Waals surface area contributed by atoms with Crippen LogP contribution in [0.4, 0.5) is 5.69 Å². The molecule has 0 saturated carbocycles. The first-order valence-electron chi connectivity index (χ1n) is 8.33. The van der Waals surface area contributed by atoms with Crippen LogP contribution in [-0.4, -0.2) is 30.9 Å². The number of anilines is 1. The second kappa shape index (κ2) is 9.50. The van der Waals surface area contributed by atoms with Gasteiger partial charge in [0.15, 0.2) is 6.61 Å². The quantitative estimate of drug-likeness (QED) is 0.492. The molecule has 0 aliphatic rings. The molecule has 2 amide bonds. The van der Waals surface area contributed by atoms with Gasteiger partial charge in [-0.15, -0.1) is 0 Å². The Morgan fingerprint density at radius 1 is 0.963 bits per heavy atom. The van der Waals surface area contributed by atoms with E-state index in [0.717, 1.165) is 25.9 Å². The number of benzene rings is 2. The third-order valence-electron chi connectivity index (χ3n) is 3.80. The summed E-state index contributed by atoms with van der Waals surface area (Å²) in [6.07, 6.45) is 0. The van der Waals surface area contributed by atoms with E-state index in [1.807, 2.05) is 32.9 Å². The van der Waals surface area contributed by atoms with Crippen LogP contribution < -0.4 is 10.6 Å². The SMILES string of the molecule is Cc1cc(C)c(NC(=O)CNC(=O)COC(=O)c2ccc(I)cc2)c(C)c1. The van der Waals surface area contributed by atoms with Crippen molar-refractivity contribution in [3.05, 3.63) is 62.2 Å². The maximum absolute atomic E-state index is 12.1. The van der Waals surface area contributed by atoms with E-state index in [-0.39, 0.29) is 12.5 Å². The number of hydrogen-bond acceptors (Lipinski definition) is 4. The van der Waals surface area contributed by atoms with Crippen LogP contribution in [0, 0.1) is 24.3 Å². The van der Waals surface area contributed by atoms with Gasteiger partial charge in [-0.1, -0.05) is 17.7 Å². The minimum absolute atomic E-state index is 0.202. The molecule has 2 N–H and O–H groups in total. The van der Waals surface area contributed by atoms with Crippen molar-refractivity contribution in [2.45, 2.75) is 20.8 Å². The molecule has 0 aromatic heterocycles. The van der Waals surface area contributed by atoms with Crippen LogP contribution in [-0.2, 0) is 14.3 Å². The zero-order valence-electron chi connectivity index (χ0n) is 15.4. The van der Waals surface area contributed by atoms with E-state index < -0.39 is 18.5 Å². The number of carbonyl (C=O) groups is 3. The molecule has 2 aromatic carbocycles. The van der Waals surface area contributed by atoms with Gasteiger partial charge in [0.05, 0.1) is 12.1 Å². The van der Waals surface area contributed by atoms with E-state index in [1.165, 1.54) is 0 Å². The Hall–Kier alpha value is -2.42. The number of aryl methyl sites for hydroxylation is 3. The van der Waals surface area contributed by atoms with Crippen molar-refractivity contribution in [3.63, 3.8) is 0 Å². The number of halogens is 1. The minimum atomic E-state index is -0.586. The number of amides is 2. The fourth-order valence-corrected chi connectivity index (χ4v) is 2.95. The van der Waals surface area contributed by atoms with Gasteiger partial charge in [-0.25, -0.2) is 4.79 Å². The predicted octanol–water partition coefficient (Wildman–Crippen LogP) is 3.13. The normalized spacial score (nSPS) is 10.2. The molecule has 2 aromatic rings. The predicted molar refractivity (Wildman–Crippen MR) is 112 cm³/mol. The first-order valence-corrected chi connectivity index (χ1v) is 9.41. The van der Waals surface area contributed by atoms with E-state index in [9.17, 15) is 14.4 Å². The molecule has 0 atom stereocenters. The Bertz CT molecular complexity index is 840. The first kappa shape index (κ1) is 20.9. The van der Waals surface area contributed by atoms with Gasteiger partial charge in [-0.3, -0.25) is 9.59 Å². The first-order chi connectivity index (χ1) is 12.8. The molecule has 27 heavy (non-hydrogen) atoms. The second-order valence-electron chi connectivity index (χ2n) is 6.18. The molecule has 0 aliphatic carbocycles. The molecular formula is C20H21IN2O4. The van der Waals surface area contributed by atoms with Gasteiger partial charge in [0, 0.05) is 9.26 Å². The van der Waals surface area contributed by atoms with Crippen molar-refractivity contribution in [1.82, 2.24) is 5.32 Å². The standard InChI is InChI=1S/C20H21IN2O4/c1-12-8-13(2)19(14(3)9-12)23-17(24)10-22-18(25)11-27-20(26)15-4-6-16(21)7-5-15/h4-9H,10-11H2,1-3H3,(H,22,25)(H,23,24). The maximum Gasteiger partial charge on any atom is 0.338 e. The maximum atomic E-state index is 12.1. The van der Waals surface area contributed by atoms with Crippen LogP contribution in [0.2, 0.25) is 0 Å². The number of nitrogens with one attached hydrogen (secondary N) is 2. The van der Waals surface area contributed by atoms with Crippen LogP contribution in [0.5, 0.6) is 0 Å². The lowest BCUT2D eigenvalue weighted by Crippen LogP contribution is -2.35. The van der Waals surface area contributed by atoms with Gasteiger partial charge in [0.1, 0.15) is 0 Å². The Morgan fingerprint density at radius 2 is 1.56 bits per heavy atom. The van der Waals surface area contributed by atoms with Crippen LogP contribution in [0.25, 0.3) is 0 Å². The molecule has 0 fully saturated rings. The summed E-state index contributed by atoms with van der Waals surface area (Å²) in [6, 6.07) is 10.8. The highest BCUT2D eigenvalue weighted by atomic mass is 127. The van der Waals surface area contributed by atoms with Crippen LogP contribution in [0.3, 0.4) is 0 Å². The third-order valence-corrected chi connectivity index (χ3v) is 4.52. The zero-order chi connectivity index (χ0) is 20.0. The number of carbonyl (C=O) groups excluding carboxylic acids is 3. The zero-order valence-corrected chi connectivity index (χ0v) is 17.5. The molecule has 0 bridgehead atoms. The third kappa shape index (κ3) is 6.35. The van der Waals surface area contributed by atoms with E-state index in [1.54, 1.807) is 24.3 Å². The molecule has 7 heteroatoms. The van der Waals surface area contributed by atoms with E-state index in [4.69, 9.17) is 4.74 Å². The fraction of sp³-hybridized carbons (Fsp3) is 0.250. The molecular weight excluding hydrogens is 459 g/mol. The van der Waals surface area contributed by atoms with E-state index in [2.05, 4.69) is 33.2 Å². The molecule has 0 heterocycles. The number of hydrogen-bond donors (Lipinski definition) is 2. The van der Waals surface area contributed by atoms with E-state index >= 15 is 0 Å². The molecule has 0 aliphatic heterocycles. The largest absolute Gasteiger partial charge is 0.452 e. The molecule has 2 rings (SSSR count). The van der Waals surface area contributed by atoms with Crippen molar-refractivity contribution in [2.24, 2.45) is 0 Å². The summed E-state index contributed by atoms with van der Waals surface area (Å²) in [5.74, 6) is -1.47. The average molecular weight is 480 g/mol. The number of esters is 1. The summed E-state index contributed by atoms with van der Waals surface area (Å²) in [4.78, 5) is 35.7. The Balaban J connectivity index is 1.79. The van der Waals surface area contributed by atoms with Crippen molar-refractivity contribution < 1.29 is 19.1 Å². The Morgan fingerprint density at radius 3 is 2.15 bits per heavy atom. The lowest BCUT2D eigenvalue weighted by molar-refractivity contribution is -0.126. The molecule has 6 nitrogen and oxygen atoms in total. The van der Waals surface area contributed by atoms with E-state index in [0.29, 0.717) is 5.56 Å². The second-order valence-corrected chi connectivity index (χ2v) is 7.43. The lowest BCUT2D eigenvalue weighted by Gasteiger charge is -2.13. The fourth-order valence-electron chi connectivity index (χ4n) is 2.59. The molecule has 0 spiro atoms. The number of rotatable bonds is 6. The molecule has 0 saturated heterocycles. The smallest absolute Gasteiger partial charge is 0.338 e. The van der Waals surface area contributed by atoms with Gasteiger partial charge >= 0.3 is 5.97 Å². The van der Waals surface area contributed by atoms with Crippen molar-refractivity contribution in [1.29, 1.82) is 0 Å². The highest BCUT2D eigenvalue weighted by molar-refractivity contribution is 14.1. The molecule has 142 valence electrons. The van der Waals surface area contributed by atoms with Gasteiger partial charge < -0.3 is 15.4 Å². The summed E-state index contributed by atoms with van der Waals surface area (Å²) >= 11 is 2.13. The van der Waals surface area contributed by atoms with Gasteiger partial charge in [0.25, 0.3) is 5.91 Å². The number of ether oxygens (including phenoxy) is 1. The summed E-state index contributed by atoms with van der Waals surface area (Å²) in [7, 11) is 0. The highest BCUT2D eigenvalue weighted by Gasteiger charge is 2.12. The molecule has 0 radical (unpaired) electrons. The van der Waals surface area contributed by atoms with Crippen molar-refractivity contribution >= 4 is 46.1 Å². The van der Waals surface area contributed by atoms with Gasteiger partial charge in [0.2, 0.25) is 5.91 Å².